The lowest BCUT2D eigenvalue weighted by atomic mass is 10.1. The highest BCUT2D eigenvalue weighted by Crippen LogP contribution is 2.25. The van der Waals surface area contributed by atoms with Gasteiger partial charge in [0.1, 0.15) is 11.5 Å². The van der Waals surface area contributed by atoms with Crippen LogP contribution in [0, 0.1) is 0 Å². The molecule has 7 heteroatoms. The molecule has 0 spiro atoms. The fourth-order valence-corrected chi connectivity index (χ4v) is 2.35. The van der Waals surface area contributed by atoms with E-state index in [4.69, 9.17) is 29.5 Å². The Kier molecular flexibility index (Phi) is 6.93. The minimum atomic E-state index is -4.64. The summed E-state index contributed by atoms with van der Waals surface area (Å²) in [7, 11) is -4.64. The standard InChI is InChI=1S/2C10H8O.H3O4P/c2*11-10-6-5-8-3-1-2-4-9(8)7-10;1-5(2,3)4/h2*1-7,11H;(H3,1,2,3,4). The van der Waals surface area contributed by atoms with Gasteiger partial charge in [0.15, 0.2) is 0 Å². The number of hydrogen-bond donors (Lipinski definition) is 5. The Morgan fingerprint density at radius 3 is 1.15 bits per heavy atom. The number of aromatic hydroxyl groups is 2. The molecule has 0 amide bonds. The summed E-state index contributed by atoms with van der Waals surface area (Å²) >= 11 is 0. The molecular weight excluding hydrogens is 367 g/mol. The molecule has 4 rings (SSSR count). The van der Waals surface area contributed by atoms with E-state index in [0.717, 1.165) is 21.5 Å². The van der Waals surface area contributed by atoms with Crippen LogP contribution in [0.3, 0.4) is 0 Å². The van der Waals surface area contributed by atoms with E-state index < -0.39 is 7.82 Å². The first-order chi connectivity index (χ1) is 12.7. The van der Waals surface area contributed by atoms with Gasteiger partial charge in [0.25, 0.3) is 0 Å². The first-order valence-corrected chi connectivity index (χ1v) is 9.43. The van der Waals surface area contributed by atoms with Gasteiger partial charge in [0, 0.05) is 0 Å². The summed E-state index contributed by atoms with van der Waals surface area (Å²) in [6.45, 7) is 0. The smallest absolute Gasteiger partial charge is 0.466 e. The molecule has 0 unspecified atom stereocenters. The Hall–Kier alpha value is -2.89. The number of hydrogen-bond acceptors (Lipinski definition) is 3. The molecular formula is C20H19O6P. The van der Waals surface area contributed by atoms with Crippen LogP contribution in [0.1, 0.15) is 0 Å². The molecule has 0 aliphatic rings. The number of benzene rings is 4. The summed E-state index contributed by atoms with van der Waals surface area (Å²) in [6.07, 6.45) is 0. The SMILES string of the molecule is O=P(O)(O)O.Oc1ccc2ccccc2c1.Oc1ccc2ccccc2c1. The largest absolute Gasteiger partial charge is 0.508 e. The van der Waals surface area contributed by atoms with Gasteiger partial charge in [-0.15, -0.1) is 0 Å². The minimum Gasteiger partial charge on any atom is -0.508 e. The lowest BCUT2D eigenvalue weighted by molar-refractivity contribution is 0.275. The summed E-state index contributed by atoms with van der Waals surface area (Å²) in [6, 6.07) is 26.6. The quantitative estimate of drug-likeness (QED) is 0.290. The molecule has 140 valence electrons. The molecule has 5 N–H and O–H groups in total. The van der Waals surface area contributed by atoms with Crippen molar-refractivity contribution in [1.82, 2.24) is 0 Å². The van der Waals surface area contributed by atoms with E-state index in [9.17, 15) is 0 Å². The summed E-state index contributed by atoms with van der Waals surface area (Å²) < 4.78 is 8.88. The van der Waals surface area contributed by atoms with Gasteiger partial charge < -0.3 is 24.9 Å². The zero-order valence-corrected chi connectivity index (χ0v) is 15.1. The molecule has 4 aromatic rings. The third kappa shape index (κ3) is 7.48. The molecule has 0 heterocycles. The van der Waals surface area contributed by atoms with Gasteiger partial charge in [0.2, 0.25) is 0 Å². The van der Waals surface area contributed by atoms with E-state index in [1.54, 1.807) is 24.3 Å². The Morgan fingerprint density at radius 2 is 0.815 bits per heavy atom. The molecule has 0 saturated heterocycles. The van der Waals surface area contributed by atoms with Crippen LogP contribution < -0.4 is 0 Å². The summed E-state index contributed by atoms with van der Waals surface area (Å²) in [5.74, 6) is 0.646. The molecule has 6 nitrogen and oxygen atoms in total. The molecule has 0 saturated carbocycles. The predicted octanol–water partition coefficient (Wildman–Crippen LogP) is 4.16. The first-order valence-electron chi connectivity index (χ1n) is 7.86. The van der Waals surface area contributed by atoms with E-state index in [1.165, 1.54) is 0 Å². The maximum Gasteiger partial charge on any atom is 0.466 e. The van der Waals surface area contributed by atoms with E-state index in [-0.39, 0.29) is 0 Å². The molecule has 27 heavy (non-hydrogen) atoms. The number of phenols is 2. The zero-order chi connectivity index (χ0) is 19.9. The molecule has 0 radical (unpaired) electrons. The van der Waals surface area contributed by atoms with Crippen molar-refractivity contribution in [3.05, 3.63) is 84.9 Å². The van der Waals surface area contributed by atoms with Gasteiger partial charge in [-0.2, -0.15) is 0 Å². The molecule has 0 atom stereocenters. The molecule has 4 aromatic carbocycles. The van der Waals surface area contributed by atoms with Gasteiger partial charge in [0.05, 0.1) is 0 Å². The predicted molar refractivity (Wildman–Crippen MR) is 105 cm³/mol. The first kappa shape index (κ1) is 20.4. The van der Waals surface area contributed by atoms with E-state index in [2.05, 4.69) is 0 Å². The van der Waals surface area contributed by atoms with E-state index in [1.807, 2.05) is 60.7 Å². The van der Waals surface area contributed by atoms with Crippen molar-refractivity contribution >= 4 is 29.4 Å². The maximum absolute atomic E-state index is 9.13. The highest BCUT2D eigenvalue weighted by molar-refractivity contribution is 7.45. The number of rotatable bonds is 0. The van der Waals surface area contributed by atoms with Crippen molar-refractivity contribution in [2.45, 2.75) is 0 Å². The van der Waals surface area contributed by atoms with Crippen molar-refractivity contribution in [2.75, 3.05) is 0 Å². The maximum atomic E-state index is 9.13. The summed E-state index contributed by atoms with van der Waals surface area (Å²) in [5, 5.41) is 22.7. The average molecular weight is 386 g/mol. The second-order valence-electron chi connectivity index (χ2n) is 5.58. The zero-order valence-electron chi connectivity index (χ0n) is 14.2. The van der Waals surface area contributed by atoms with Crippen molar-refractivity contribution in [2.24, 2.45) is 0 Å². The van der Waals surface area contributed by atoms with Crippen molar-refractivity contribution in [3.8, 4) is 11.5 Å². The third-order valence-corrected chi connectivity index (χ3v) is 3.47. The second kappa shape index (κ2) is 9.16. The minimum absolute atomic E-state index is 0.323. The van der Waals surface area contributed by atoms with Crippen LogP contribution in [-0.4, -0.2) is 24.9 Å². The Morgan fingerprint density at radius 1 is 0.519 bits per heavy atom. The van der Waals surface area contributed by atoms with E-state index >= 15 is 0 Å². The highest BCUT2D eigenvalue weighted by Gasteiger charge is 2.00. The van der Waals surface area contributed by atoms with Gasteiger partial charge >= 0.3 is 7.82 Å². The topological polar surface area (TPSA) is 118 Å². The molecule has 0 aromatic heterocycles. The Bertz CT molecular complexity index is 988. The van der Waals surface area contributed by atoms with Gasteiger partial charge in [-0.1, -0.05) is 60.7 Å². The lowest BCUT2D eigenvalue weighted by Crippen LogP contribution is -1.69. The van der Waals surface area contributed by atoms with Crippen LogP contribution in [-0.2, 0) is 4.57 Å². The van der Waals surface area contributed by atoms with Crippen LogP contribution in [0.25, 0.3) is 21.5 Å². The number of phenolic OH excluding ortho intramolecular Hbond substituents is 2. The molecule has 0 bridgehead atoms. The fraction of sp³-hybridized carbons (Fsp3) is 0. The molecule has 0 aliphatic heterocycles. The number of phosphoric acid groups is 1. The Labute approximate surface area is 155 Å². The summed E-state index contributed by atoms with van der Waals surface area (Å²) in [4.78, 5) is 21.6. The van der Waals surface area contributed by atoms with Gasteiger partial charge in [-0.25, -0.2) is 4.57 Å². The average Bonchev–Trinajstić information content (AvgIpc) is 2.60. The highest BCUT2D eigenvalue weighted by atomic mass is 31.2. The summed E-state index contributed by atoms with van der Waals surface area (Å²) in [5.41, 5.74) is 0. The van der Waals surface area contributed by atoms with Crippen molar-refractivity contribution < 1.29 is 29.5 Å². The lowest BCUT2D eigenvalue weighted by Gasteiger charge is -1.96. The van der Waals surface area contributed by atoms with Crippen LogP contribution >= 0.6 is 7.82 Å². The van der Waals surface area contributed by atoms with E-state index in [0.29, 0.717) is 11.5 Å². The van der Waals surface area contributed by atoms with Gasteiger partial charge in [-0.05, 0) is 45.8 Å². The third-order valence-electron chi connectivity index (χ3n) is 3.47. The molecule has 0 fully saturated rings. The normalized spacial score (nSPS) is 10.5. The fourth-order valence-electron chi connectivity index (χ4n) is 2.35. The van der Waals surface area contributed by atoms with Crippen LogP contribution in [0.15, 0.2) is 84.9 Å². The van der Waals surface area contributed by atoms with Gasteiger partial charge in [-0.3, -0.25) is 0 Å². The second-order valence-corrected chi connectivity index (χ2v) is 6.60. The van der Waals surface area contributed by atoms with Crippen LogP contribution in [0.2, 0.25) is 0 Å². The van der Waals surface area contributed by atoms with Crippen LogP contribution in [0.5, 0.6) is 11.5 Å². The van der Waals surface area contributed by atoms with Crippen LogP contribution in [0.4, 0.5) is 0 Å². The van der Waals surface area contributed by atoms with Crippen molar-refractivity contribution in [3.63, 3.8) is 0 Å². The van der Waals surface area contributed by atoms with Crippen molar-refractivity contribution in [1.29, 1.82) is 0 Å². The molecule has 0 aliphatic carbocycles. The number of fused-ring (bicyclic) bond motifs is 2. The monoisotopic (exact) mass is 386 g/mol. The Balaban J connectivity index is 0.000000157.